The molecule has 1 aliphatic rings. The van der Waals surface area contributed by atoms with Crippen LogP contribution < -0.4 is 0 Å². The van der Waals surface area contributed by atoms with Crippen molar-refractivity contribution in [1.82, 2.24) is 9.88 Å². The molecule has 0 amide bonds. The van der Waals surface area contributed by atoms with Crippen molar-refractivity contribution in [1.29, 1.82) is 0 Å². The van der Waals surface area contributed by atoms with E-state index in [-0.39, 0.29) is 11.9 Å². The molecule has 0 unspecified atom stereocenters. The molecule has 4 nitrogen and oxygen atoms in total. The maximum atomic E-state index is 13.0. The van der Waals surface area contributed by atoms with E-state index in [0.29, 0.717) is 30.1 Å². The lowest BCUT2D eigenvalue weighted by Gasteiger charge is -2.11. The van der Waals surface area contributed by atoms with Gasteiger partial charge in [0.15, 0.2) is 5.58 Å². The largest absolute Gasteiger partial charge is 0.439 e. The Morgan fingerprint density at radius 1 is 1.53 bits per heavy atom. The van der Waals surface area contributed by atoms with Gasteiger partial charge in [0.2, 0.25) is 5.89 Å². The highest BCUT2D eigenvalue weighted by Crippen LogP contribution is 2.19. The van der Waals surface area contributed by atoms with Crippen LogP contribution in [-0.2, 0) is 6.54 Å². The average molecular weight is 236 g/mol. The fourth-order valence-electron chi connectivity index (χ4n) is 2.16. The van der Waals surface area contributed by atoms with Crippen LogP contribution in [0.1, 0.15) is 12.3 Å². The first-order valence-electron chi connectivity index (χ1n) is 5.66. The Labute approximate surface area is 97.7 Å². The van der Waals surface area contributed by atoms with E-state index < -0.39 is 0 Å². The van der Waals surface area contributed by atoms with Gasteiger partial charge in [0, 0.05) is 19.2 Å². The van der Waals surface area contributed by atoms with Crippen molar-refractivity contribution in [3.63, 3.8) is 0 Å². The van der Waals surface area contributed by atoms with Gasteiger partial charge in [-0.1, -0.05) is 0 Å². The van der Waals surface area contributed by atoms with Gasteiger partial charge in [-0.3, -0.25) is 4.90 Å². The third-order valence-corrected chi connectivity index (χ3v) is 3.00. The molecule has 2 heterocycles. The van der Waals surface area contributed by atoms with E-state index in [1.807, 2.05) is 0 Å². The van der Waals surface area contributed by atoms with Crippen molar-refractivity contribution in [3.8, 4) is 0 Å². The van der Waals surface area contributed by atoms with Gasteiger partial charge in [0.05, 0.1) is 12.6 Å². The smallest absolute Gasteiger partial charge is 0.209 e. The Hall–Kier alpha value is -1.46. The minimum absolute atomic E-state index is 0.253. The number of halogens is 1. The number of rotatable bonds is 2. The van der Waals surface area contributed by atoms with E-state index in [9.17, 15) is 9.50 Å². The number of oxazole rings is 1. The molecule has 3 rings (SSSR count). The van der Waals surface area contributed by atoms with E-state index in [0.717, 1.165) is 13.0 Å². The number of nitrogens with zero attached hydrogens (tertiary/aromatic N) is 2. The fourth-order valence-corrected chi connectivity index (χ4v) is 2.16. The van der Waals surface area contributed by atoms with Gasteiger partial charge in [0.25, 0.3) is 0 Å². The lowest BCUT2D eigenvalue weighted by atomic mass is 10.3. The quantitative estimate of drug-likeness (QED) is 0.859. The van der Waals surface area contributed by atoms with Gasteiger partial charge < -0.3 is 9.52 Å². The first-order chi connectivity index (χ1) is 8.20. The van der Waals surface area contributed by atoms with Crippen LogP contribution >= 0.6 is 0 Å². The molecule has 2 aromatic rings. The molecule has 5 heteroatoms. The Morgan fingerprint density at radius 3 is 3.18 bits per heavy atom. The van der Waals surface area contributed by atoms with E-state index in [4.69, 9.17) is 4.42 Å². The minimum Gasteiger partial charge on any atom is -0.439 e. The number of β-amino-alcohol motifs (C(OH)–C–C–N with tert-alkyl or cyclic N) is 1. The summed E-state index contributed by atoms with van der Waals surface area (Å²) in [5, 5.41) is 9.41. The number of fused-ring (bicyclic) bond motifs is 1. The molecular weight excluding hydrogens is 223 g/mol. The summed E-state index contributed by atoms with van der Waals surface area (Å²) in [4.78, 5) is 6.36. The van der Waals surface area contributed by atoms with E-state index in [1.165, 1.54) is 12.1 Å². The van der Waals surface area contributed by atoms with E-state index >= 15 is 0 Å². The third-order valence-electron chi connectivity index (χ3n) is 3.00. The molecule has 1 aliphatic heterocycles. The lowest BCUT2D eigenvalue weighted by molar-refractivity contribution is 0.171. The standard InChI is InChI=1S/C12H13FN2O2/c13-8-1-2-10-11(5-8)17-12(14-10)7-15-4-3-9(16)6-15/h1-2,5,9,16H,3-4,6-7H2/t9-/m0/s1. The van der Waals surface area contributed by atoms with Crippen LogP contribution in [0.2, 0.25) is 0 Å². The molecule has 0 radical (unpaired) electrons. The zero-order valence-electron chi connectivity index (χ0n) is 9.27. The van der Waals surface area contributed by atoms with Gasteiger partial charge in [0.1, 0.15) is 11.3 Å². The topological polar surface area (TPSA) is 49.5 Å². The van der Waals surface area contributed by atoms with Crippen LogP contribution in [0.3, 0.4) is 0 Å². The molecule has 0 spiro atoms. The van der Waals surface area contributed by atoms with Crippen molar-refractivity contribution in [2.24, 2.45) is 0 Å². The summed E-state index contributed by atoms with van der Waals surface area (Å²) in [6.45, 7) is 2.05. The zero-order valence-corrected chi connectivity index (χ0v) is 9.27. The summed E-state index contributed by atoms with van der Waals surface area (Å²) < 4.78 is 18.4. The van der Waals surface area contributed by atoms with Crippen molar-refractivity contribution < 1.29 is 13.9 Å². The van der Waals surface area contributed by atoms with Crippen molar-refractivity contribution >= 4 is 11.1 Å². The summed E-state index contributed by atoms with van der Waals surface area (Å²) in [5.41, 5.74) is 1.14. The number of likely N-dealkylation sites (tertiary alicyclic amines) is 1. The molecule has 0 saturated carbocycles. The first-order valence-corrected chi connectivity index (χ1v) is 5.66. The number of benzene rings is 1. The molecule has 1 N–H and O–H groups in total. The second kappa shape index (κ2) is 4.09. The second-order valence-electron chi connectivity index (χ2n) is 4.40. The summed E-state index contributed by atoms with van der Waals surface area (Å²) >= 11 is 0. The number of aromatic nitrogens is 1. The molecule has 1 fully saturated rings. The molecule has 90 valence electrons. The third kappa shape index (κ3) is 2.16. The number of hydrogen-bond acceptors (Lipinski definition) is 4. The maximum absolute atomic E-state index is 13.0. The number of aliphatic hydroxyl groups is 1. The van der Waals surface area contributed by atoms with Crippen molar-refractivity contribution in [3.05, 3.63) is 29.9 Å². The number of aliphatic hydroxyl groups excluding tert-OH is 1. The predicted molar refractivity (Wildman–Crippen MR) is 59.9 cm³/mol. The summed E-state index contributed by atoms with van der Waals surface area (Å²) in [5.74, 6) is 0.247. The van der Waals surface area contributed by atoms with E-state index in [1.54, 1.807) is 6.07 Å². The van der Waals surface area contributed by atoms with Crippen molar-refractivity contribution in [2.45, 2.75) is 19.1 Å². The molecule has 1 saturated heterocycles. The highest BCUT2D eigenvalue weighted by Gasteiger charge is 2.21. The molecule has 17 heavy (non-hydrogen) atoms. The van der Waals surface area contributed by atoms with Gasteiger partial charge in [-0.2, -0.15) is 0 Å². The molecule has 1 aromatic heterocycles. The Kier molecular flexibility index (Phi) is 2.57. The highest BCUT2D eigenvalue weighted by molar-refractivity contribution is 5.72. The predicted octanol–water partition coefficient (Wildman–Crippen LogP) is 1.53. The Bertz CT molecular complexity index is 540. The van der Waals surface area contributed by atoms with Gasteiger partial charge >= 0.3 is 0 Å². The van der Waals surface area contributed by atoms with Crippen LogP contribution in [0.25, 0.3) is 11.1 Å². The van der Waals surface area contributed by atoms with Gasteiger partial charge in [-0.15, -0.1) is 0 Å². The summed E-state index contributed by atoms with van der Waals surface area (Å²) in [6, 6.07) is 4.31. The van der Waals surface area contributed by atoms with Crippen LogP contribution in [0, 0.1) is 5.82 Å². The molecular formula is C12H13FN2O2. The first kappa shape index (κ1) is 10.7. The molecule has 1 aromatic carbocycles. The molecule has 1 atom stereocenters. The SMILES string of the molecule is O[C@H]1CCN(Cc2nc3ccc(F)cc3o2)C1. The Balaban J connectivity index is 1.81. The Morgan fingerprint density at radius 2 is 2.41 bits per heavy atom. The fraction of sp³-hybridized carbons (Fsp3) is 0.417. The van der Waals surface area contributed by atoms with Crippen molar-refractivity contribution in [2.75, 3.05) is 13.1 Å². The van der Waals surface area contributed by atoms with Crippen LogP contribution in [0.15, 0.2) is 22.6 Å². The average Bonchev–Trinajstić information content (AvgIpc) is 2.84. The molecule has 0 aliphatic carbocycles. The van der Waals surface area contributed by atoms with Crippen LogP contribution in [0.4, 0.5) is 4.39 Å². The summed E-state index contributed by atoms with van der Waals surface area (Å²) in [6.07, 6.45) is 0.534. The zero-order chi connectivity index (χ0) is 11.8. The number of hydrogen-bond donors (Lipinski definition) is 1. The van der Waals surface area contributed by atoms with Crippen LogP contribution in [-0.4, -0.2) is 34.2 Å². The summed E-state index contributed by atoms with van der Waals surface area (Å²) in [7, 11) is 0. The highest BCUT2D eigenvalue weighted by atomic mass is 19.1. The van der Waals surface area contributed by atoms with Gasteiger partial charge in [-0.25, -0.2) is 9.37 Å². The second-order valence-corrected chi connectivity index (χ2v) is 4.40. The minimum atomic E-state index is -0.322. The maximum Gasteiger partial charge on any atom is 0.209 e. The van der Waals surface area contributed by atoms with Crippen LogP contribution in [0.5, 0.6) is 0 Å². The van der Waals surface area contributed by atoms with E-state index in [2.05, 4.69) is 9.88 Å². The monoisotopic (exact) mass is 236 g/mol. The lowest BCUT2D eigenvalue weighted by Crippen LogP contribution is -2.21. The van der Waals surface area contributed by atoms with Gasteiger partial charge in [-0.05, 0) is 18.6 Å². The molecule has 0 bridgehead atoms. The normalized spacial score (nSPS) is 21.4.